The summed E-state index contributed by atoms with van der Waals surface area (Å²) in [5.74, 6) is 1.03. The summed E-state index contributed by atoms with van der Waals surface area (Å²) in [6.45, 7) is 22.9. The van der Waals surface area contributed by atoms with Crippen LogP contribution in [0.25, 0.3) is 83.6 Å². The fourth-order valence-corrected chi connectivity index (χ4v) is 10.1. The molecular weight excluding hydrogens is 1030 g/mol. The van der Waals surface area contributed by atoms with E-state index in [0.29, 0.717) is 0 Å². The van der Waals surface area contributed by atoms with Gasteiger partial charge in [-0.05, 0) is 110 Å². The summed E-state index contributed by atoms with van der Waals surface area (Å²) in [5.41, 5.74) is 15.6. The number of halogens is 1. The third-order valence-electron chi connectivity index (χ3n) is 12.7. The molecule has 10 aromatic rings. The molecule has 7 aromatic carbocycles. The zero-order valence-electron chi connectivity index (χ0n) is 40.6. The molecule has 0 aliphatic carbocycles. The SMILES string of the molecule is CC(C)(C)c1ccnc(-c2[c-]cccc2)c1.CC(C)c1cc(-c2ccc([Si](C)(C)C)cc2)cc(C(C)C)c1-n1c(-c2[c-]ccc3c2oc2cc(-c4cccc(F)c4)ccc23)nc2ccccc21.[Ir]. The molecular formula is C61H58FIrN3OSi-2. The van der Waals surface area contributed by atoms with Crippen molar-refractivity contribution in [2.75, 3.05) is 0 Å². The number of benzene rings is 7. The van der Waals surface area contributed by atoms with Crippen LogP contribution in [0.1, 0.15) is 77.0 Å². The van der Waals surface area contributed by atoms with Gasteiger partial charge in [-0.25, -0.2) is 4.39 Å². The Morgan fingerprint density at radius 1 is 0.647 bits per heavy atom. The molecule has 3 aromatic heterocycles. The van der Waals surface area contributed by atoms with Crippen LogP contribution in [0.4, 0.5) is 4.39 Å². The zero-order chi connectivity index (χ0) is 47.2. The Morgan fingerprint density at radius 3 is 2.00 bits per heavy atom. The molecule has 0 unspecified atom stereocenters. The van der Waals surface area contributed by atoms with Gasteiger partial charge in [0.05, 0.1) is 30.5 Å². The number of nitrogens with zero attached hydrogens (tertiary/aromatic N) is 3. The Bertz CT molecular complexity index is 3360. The van der Waals surface area contributed by atoms with Gasteiger partial charge in [0.1, 0.15) is 11.4 Å². The molecule has 10 rings (SSSR count). The van der Waals surface area contributed by atoms with Gasteiger partial charge in [-0.15, -0.1) is 54.1 Å². The molecule has 0 aliphatic rings. The van der Waals surface area contributed by atoms with Crippen LogP contribution in [-0.2, 0) is 25.5 Å². The smallest absolute Gasteiger partial charge is 0.123 e. The van der Waals surface area contributed by atoms with Gasteiger partial charge in [0, 0.05) is 37.4 Å². The largest absolute Gasteiger partial charge is 0.501 e. The first kappa shape index (κ1) is 48.2. The molecule has 3 heterocycles. The Balaban J connectivity index is 0.000000312. The Kier molecular flexibility index (Phi) is 13.8. The molecule has 4 nitrogen and oxygen atoms in total. The molecule has 0 saturated carbocycles. The molecule has 68 heavy (non-hydrogen) atoms. The van der Waals surface area contributed by atoms with Gasteiger partial charge in [-0.1, -0.05) is 151 Å². The molecule has 0 bridgehead atoms. The topological polar surface area (TPSA) is 43.9 Å². The van der Waals surface area contributed by atoms with E-state index in [9.17, 15) is 4.39 Å². The fourth-order valence-electron chi connectivity index (χ4n) is 8.92. The molecule has 345 valence electrons. The maximum Gasteiger partial charge on any atom is 0.123 e. The number of hydrogen-bond donors (Lipinski definition) is 0. The summed E-state index contributed by atoms with van der Waals surface area (Å²) in [6, 6.07) is 58.1. The number of imidazole rings is 1. The Hall–Kier alpha value is -6.24. The van der Waals surface area contributed by atoms with Gasteiger partial charge in [0.25, 0.3) is 0 Å². The van der Waals surface area contributed by atoms with Crippen molar-refractivity contribution in [2.24, 2.45) is 0 Å². The second-order valence-electron chi connectivity index (χ2n) is 20.3. The van der Waals surface area contributed by atoms with Crippen LogP contribution in [-0.4, -0.2) is 22.6 Å². The van der Waals surface area contributed by atoms with E-state index >= 15 is 0 Å². The van der Waals surface area contributed by atoms with Crippen LogP contribution in [0, 0.1) is 17.9 Å². The first-order chi connectivity index (χ1) is 32.0. The standard InChI is InChI=1S/C46H42FN2OSi.C15H16N.Ir/c1-28(2)39-25-33(30-18-21-35(22-19-30)51(5,6)7)26-40(29(3)4)44(39)49-42-17-9-8-16-41(42)48-46(49)38-15-11-14-37-36-23-20-32(27-43(36)50-45(37)38)31-12-10-13-34(47)24-31;1-15(2,3)13-9-10-16-14(11-13)12-7-5-4-6-8-12;/h8-14,16-29H,1-7H3;4-7,9-11H,1-3H3;/q2*-1;. The number of hydrogen-bond acceptors (Lipinski definition) is 3. The van der Waals surface area contributed by atoms with E-state index in [2.05, 4.69) is 169 Å². The quantitative estimate of drug-likeness (QED) is 0.112. The van der Waals surface area contributed by atoms with Gasteiger partial charge < -0.3 is 14.0 Å². The number of pyridine rings is 1. The number of furan rings is 1. The number of fused-ring (bicyclic) bond motifs is 4. The maximum absolute atomic E-state index is 14.1. The van der Waals surface area contributed by atoms with Gasteiger partial charge in [0.15, 0.2) is 0 Å². The van der Waals surface area contributed by atoms with E-state index in [0.717, 1.165) is 66.7 Å². The summed E-state index contributed by atoms with van der Waals surface area (Å²) in [6.07, 6.45) is 1.87. The van der Waals surface area contributed by atoms with E-state index in [1.165, 1.54) is 44.8 Å². The van der Waals surface area contributed by atoms with Gasteiger partial charge in [0.2, 0.25) is 0 Å². The van der Waals surface area contributed by atoms with Crippen LogP contribution in [0.3, 0.4) is 0 Å². The number of para-hydroxylation sites is 2. The fraction of sp³-hybridized carbons (Fsp3) is 0.213. The predicted octanol–water partition coefficient (Wildman–Crippen LogP) is 16.5. The van der Waals surface area contributed by atoms with Crippen LogP contribution >= 0.6 is 0 Å². The van der Waals surface area contributed by atoms with Gasteiger partial charge >= 0.3 is 0 Å². The van der Waals surface area contributed by atoms with Crippen molar-refractivity contribution in [1.29, 1.82) is 0 Å². The molecule has 0 fully saturated rings. The summed E-state index contributed by atoms with van der Waals surface area (Å²) < 4.78 is 23.2. The average molecular weight is 1090 g/mol. The molecule has 1 radical (unpaired) electrons. The second kappa shape index (κ2) is 19.4. The van der Waals surface area contributed by atoms with Crippen molar-refractivity contribution in [1.82, 2.24) is 14.5 Å². The van der Waals surface area contributed by atoms with E-state index < -0.39 is 8.07 Å². The first-order valence-electron chi connectivity index (χ1n) is 23.4. The summed E-state index contributed by atoms with van der Waals surface area (Å²) in [7, 11) is -1.41. The van der Waals surface area contributed by atoms with Crippen LogP contribution in [0.2, 0.25) is 19.6 Å². The molecule has 0 atom stereocenters. The number of aromatic nitrogens is 3. The summed E-state index contributed by atoms with van der Waals surface area (Å²) >= 11 is 0. The molecule has 0 saturated heterocycles. The summed E-state index contributed by atoms with van der Waals surface area (Å²) in [4.78, 5) is 9.69. The minimum Gasteiger partial charge on any atom is -0.501 e. The van der Waals surface area contributed by atoms with Crippen LogP contribution < -0.4 is 5.19 Å². The van der Waals surface area contributed by atoms with Crippen molar-refractivity contribution in [3.63, 3.8) is 0 Å². The molecule has 0 spiro atoms. The minimum absolute atomic E-state index is 0. The van der Waals surface area contributed by atoms with Gasteiger partial charge in [-0.3, -0.25) is 4.98 Å². The van der Waals surface area contributed by atoms with Gasteiger partial charge in [-0.2, -0.15) is 0 Å². The van der Waals surface area contributed by atoms with E-state index in [-0.39, 0.29) is 43.2 Å². The molecule has 0 amide bonds. The normalized spacial score (nSPS) is 11.9. The van der Waals surface area contributed by atoms with Crippen molar-refractivity contribution in [3.8, 4) is 50.6 Å². The zero-order valence-corrected chi connectivity index (χ0v) is 44.0. The molecule has 0 N–H and O–H groups in total. The monoisotopic (exact) mass is 1090 g/mol. The molecule has 7 heteroatoms. The van der Waals surface area contributed by atoms with E-state index in [4.69, 9.17) is 9.40 Å². The third-order valence-corrected chi connectivity index (χ3v) is 14.8. The van der Waals surface area contributed by atoms with E-state index in [1.807, 2.05) is 60.8 Å². The molecule has 0 aliphatic heterocycles. The van der Waals surface area contributed by atoms with Crippen molar-refractivity contribution < 1.29 is 28.9 Å². The van der Waals surface area contributed by atoms with Crippen LogP contribution in [0.15, 0.2) is 162 Å². The van der Waals surface area contributed by atoms with E-state index in [1.54, 1.807) is 12.1 Å². The third kappa shape index (κ3) is 9.71. The Labute approximate surface area is 415 Å². The first-order valence-corrected chi connectivity index (χ1v) is 26.9. The van der Waals surface area contributed by atoms with Crippen molar-refractivity contribution in [3.05, 3.63) is 192 Å². The minimum atomic E-state index is -1.41. The van der Waals surface area contributed by atoms with Crippen molar-refractivity contribution in [2.45, 2.75) is 85.4 Å². The number of rotatable bonds is 8. The van der Waals surface area contributed by atoms with Crippen LogP contribution in [0.5, 0.6) is 0 Å². The average Bonchev–Trinajstić information content (AvgIpc) is 3.89. The Morgan fingerprint density at radius 2 is 1.34 bits per heavy atom. The summed E-state index contributed by atoms with van der Waals surface area (Å²) in [5, 5.41) is 3.46. The van der Waals surface area contributed by atoms with Crippen molar-refractivity contribution >= 4 is 46.2 Å². The maximum atomic E-state index is 14.1. The predicted molar refractivity (Wildman–Crippen MR) is 282 cm³/mol. The second-order valence-corrected chi connectivity index (χ2v) is 25.4.